The van der Waals surface area contributed by atoms with Gasteiger partial charge < -0.3 is 15.7 Å². The number of aliphatic carboxylic acids is 1. The first kappa shape index (κ1) is 17.0. The number of halogens is 3. The minimum Gasteiger partial charge on any atom is -0.480 e. The molecule has 0 aliphatic carbocycles. The van der Waals surface area contributed by atoms with E-state index >= 15 is 0 Å². The van der Waals surface area contributed by atoms with Crippen LogP contribution < -0.4 is 10.6 Å². The normalized spacial score (nSPS) is 12.2. The Morgan fingerprint density at radius 3 is 2.45 bits per heavy atom. The fourth-order valence-electron chi connectivity index (χ4n) is 1.85. The molecule has 0 amide bonds. The number of hydrogen-bond donors (Lipinski definition) is 2. The van der Waals surface area contributed by atoms with Crippen LogP contribution in [0.25, 0.3) is 0 Å². The van der Waals surface area contributed by atoms with Gasteiger partial charge in [0, 0.05) is 31.3 Å². The number of benzene rings is 1. The van der Waals surface area contributed by atoms with Crippen LogP contribution in [-0.2, 0) is 11.2 Å². The molecule has 0 saturated heterocycles. The van der Waals surface area contributed by atoms with Gasteiger partial charge in [0.15, 0.2) is 0 Å². The first-order valence-electron chi connectivity index (χ1n) is 6.14. The summed E-state index contributed by atoms with van der Waals surface area (Å²) in [5.74, 6) is -0.947. The molecule has 20 heavy (non-hydrogen) atoms. The summed E-state index contributed by atoms with van der Waals surface area (Å²) >= 11 is 11.4. The van der Waals surface area contributed by atoms with E-state index in [1.807, 2.05) is 0 Å². The van der Waals surface area contributed by atoms with Crippen molar-refractivity contribution in [2.24, 2.45) is 5.73 Å². The Morgan fingerprint density at radius 1 is 1.35 bits per heavy atom. The van der Waals surface area contributed by atoms with Gasteiger partial charge in [-0.05, 0) is 11.6 Å². The molecule has 3 N–H and O–H groups in total. The predicted molar refractivity (Wildman–Crippen MR) is 79.4 cm³/mol. The van der Waals surface area contributed by atoms with E-state index in [0.29, 0.717) is 30.5 Å². The highest BCUT2D eigenvalue weighted by molar-refractivity contribution is 6.18. The molecular weight excluding hydrogens is 306 g/mol. The van der Waals surface area contributed by atoms with Gasteiger partial charge in [0.25, 0.3) is 0 Å². The Balaban J connectivity index is 3.00. The Morgan fingerprint density at radius 2 is 1.95 bits per heavy atom. The molecule has 0 aliphatic rings. The Labute approximate surface area is 127 Å². The van der Waals surface area contributed by atoms with Crippen molar-refractivity contribution in [2.75, 3.05) is 29.7 Å². The number of carbonyl (C=O) groups is 1. The Hall–Kier alpha value is -1.04. The number of hydrogen-bond acceptors (Lipinski definition) is 3. The number of nitrogens with zero attached hydrogens (tertiary/aromatic N) is 1. The number of nitrogens with two attached hydrogens (primary N) is 1. The highest BCUT2D eigenvalue weighted by Crippen LogP contribution is 2.23. The van der Waals surface area contributed by atoms with Crippen LogP contribution in [0.1, 0.15) is 5.56 Å². The monoisotopic (exact) mass is 322 g/mol. The second kappa shape index (κ2) is 8.29. The van der Waals surface area contributed by atoms with Gasteiger partial charge in [0.05, 0.1) is 5.69 Å². The number of carboxylic acids is 1. The second-order valence-corrected chi connectivity index (χ2v) is 5.02. The number of anilines is 1. The van der Waals surface area contributed by atoms with Gasteiger partial charge in [-0.2, -0.15) is 0 Å². The van der Waals surface area contributed by atoms with Crippen molar-refractivity contribution in [1.82, 2.24) is 0 Å². The lowest BCUT2D eigenvalue weighted by Gasteiger charge is -2.24. The van der Waals surface area contributed by atoms with Crippen LogP contribution >= 0.6 is 23.2 Å². The van der Waals surface area contributed by atoms with Crippen LogP contribution in [0.3, 0.4) is 0 Å². The average Bonchev–Trinajstić information content (AvgIpc) is 2.41. The summed E-state index contributed by atoms with van der Waals surface area (Å²) in [6.45, 7) is 0.916. The Bertz CT molecular complexity index is 454. The molecule has 1 aromatic rings. The lowest BCUT2D eigenvalue weighted by atomic mass is 10.0. The topological polar surface area (TPSA) is 66.6 Å². The van der Waals surface area contributed by atoms with Crippen molar-refractivity contribution in [2.45, 2.75) is 12.5 Å². The summed E-state index contributed by atoms with van der Waals surface area (Å²) in [6, 6.07) is 3.68. The van der Waals surface area contributed by atoms with E-state index in [4.69, 9.17) is 34.0 Å². The van der Waals surface area contributed by atoms with Crippen LogP contribution in [0.5, 0.6) is 0 Å². The molecule has 0 saturated carbocycles. The zero-order chi connectivity index (χ0) is 15.1. The van der Waals surface area contributed by atoms with E-state index < -0.39 is 17.8 Å². The molecule has 0 radical (unpaired) electrons. The van der Waals surface area contributed by atoms with E-state index in [1.165, 1.54) is 6.07 Å². The average molecular weight is 323 g/mol. The van der Waals surface area contributed by atoms with Crippen molar-refractivity contribution in [3.05, 3.63) is 29.6 Å². The first-order chi connectivity index (χ1) is 9.51. The highest BCUT2D eigenvalue weighted by Gasteiger charge is 2.18. The number of carboxylic acid groups (broad SMARTS) is 1. The fourth-order valence-corrected chi connectivity index (χ4v) is 2.26. The minimum atomic E-state index is -1.16. The zero-order valence-corrected chi connectivity index (χ0v) is 12.4. The summed E-state index contributed by atoms with van der Waals surface area (Å²) in [7, 11) is 0. The van der Waals surface area contributed by atoms with E-state index in [2.05, 4.69) is 0 Å². The summed E-state index contributed by atoms with van der Waals surface area (Å²) in [5.41, 5.74) is 6.07. The van der Waals surface area contributed by atoms with Crippen molar-refractivity contribution in [3.8, 4) is 0 Å². The third-order valence-electron chi connectivity index (χ3n) is 2.86. The van der Waals surface area contributed by atoms with Crippen LogP contribution in [-0.4, -0.2) is 42.0 Å². The maximum absolute atomic E-state index is 14.4. The summed E-state index contributed by atoms with van der Waals surface area (Å²) in [6.07, 6.45) is -0.0649. The molecule has 0 heterocycles. The molecule has 1 rings (SSSR count). The minimum absolute atomic E-state index is 0.0649. The molecule has 0 fully saturated rings. The second-order valence-electron chi connectivity index (χ2n) is 4.26. The quantitative estimate of drug-likeness (QED) is 0.719. The standard InChI is InChI=1S/C13H17Cl2FN2O2/c14-4-6-18(7-5-15)11-3-1-2-9(12(11)16)8-10(17)13(19)20/h1-3,10H,4-8,17H2,(H,19,20). The lowest BCUT2D eigenvalue weighted by Crippen LogP contribution is -2.33. The SMILES string of the molecule is NC(Cc1cccc(N(CCCl)CCCl)c1F)C(=O)O. The van der Waals surface area contributed by atoms with Gasteiger partial charge in [-0.15, -0.1) is 23.2 Å². The molecule has 0 bridgehead atoms. The smallest absolute Gasteiger partial charge is 0.320 e. The molecule has 7 heteroatoms. The lowest BCUT2D eigenvalue weighted by molar-refractivity contribution is -0.138. The van der Waals surface area contributed by atoms with Crippen LogP contribution in [0, 0.1) is 5.82 Å². The van der Waals surface area contributed by atoms with Crippen molar-refractivity contribution >= 4 is 34.9 Å². The molecule has 0 aromatic heterocycles. The van der Waals surface area contributed by atoms with Gasteiger partial charge in [-0.25, -0.2) is 4.39 Å². The van der Waals surface area contributed by atoms with E-state index in [0.717, 1.165) is 0 Å². The molecule has 1 aromatic carbocycles. The molecular formula is C13H17Cl2FN2O2. The zero-order valence-electron chi connectivity index (χ0n) is 10.9. The van der Waals surface area contributed by atoms with Gasteiger partial charge in [-0.1, -0.05) is 12.1 Å². The van der Waals surface area contributed by atoms with Crippen molar-refractivity contribution in [1.29, 1.82) is 0 Å². The molecule has 0 spiro atoms. The maximum atomic E-state index is 14.4. The van der Waals surface area contributed by atoms with Crippen molar-refractivity contribution in [3.63, 3.8) is 0 Å². The maximum Gasteiger partial charge on any atom is 0.320 e. The van der Waals surface area contributed by atoms with Crippen LogP contribution in [0.4, 0.5) is 10.1 Å². The summed E-state index contributed by atoms with van der Waals surface area (Å²) in [4.78, 5) is 12.5. The number of rotatable bonds is 8. The molecule has 1 unspecified atom stereocenters. The number of alkyl halides is 2. The fraction of sp³-hybridized carbons (Fsp3) is 0.462. The Kier molecular flexibility index (Phi) is 7.05. The summed E-state index contributed by atoms with van der Waals surface area (Å²) < 4.78 is 14.4. The van der Waals surface area contributed by atoms with Gasteiger partial charge in [-0.3, -0.25) is 4.79 Å². The molecule has 4 nitrogen and oxygen atoms in total. The van der Waals surface area contributed by atoms with Gasteiger partial charge in [0.2, 0.25) is 0 Å². The van der Waals surface area contributed by atoms with E-state index in [-0.39, 0.29) is 12.0 Å². The molecule has 0 aliphatic heterocycles. The highest BCUT2D eigenvalue weighted by atomic mass is 35.5. The van der Waals surface area contributed by atoms with Gasteiger partial charge in [0.1, 0.15) is 11.9 Å². The first-order valence-corrected chi connectivity index (χ1v) is 7.20. The van der Waals surface area contributed by atoms with Crippen LogP contribution in [0.15, 0.2) is 18.2 Å². The third kappa shape index (κ3) is 4.51. The third-order valence-corrected chi connectivity index (χ3v) is 3.20. The summed E-state index contributed by atoms with van der Waals surface area (Å²) in [5, 5.41) is 8.79. The molecule has 112 valence electrons. The van der Waals surface area contributed by atoms with Crippen molar-refractivity contribution < 1.29 is 14.3 Å². The van der Waals surface area contributed by atoms with E-state index in [1.54, 1.807) is 17.0 Å². The largest absolute Gasteiger partial charge is 0.480 e. The van der Waals surface area contributed by atoms with E-state index in [9.17, 15) is 9.18 Å². The van der Waals surface area contributed by atoms with Gasteiger partial charge >= 0.3 is 5.97 Å². The molecule has 1 atom stereocenters. The predicted octanol–water partition coefficient (Wildman–Crippen LogP) is 2.06. The van der Waals surface area contributed by atoms with Crippen LogP contribution in [0.2, 0.25) is 0 Å².